The monoisotopic (exact) mass is 388 g/mol. The Balaban J connectivity index is 1.35. The highest BCUT2D eigenvalue weighted by Crippen LogP contribution is 2.56. The number of amides is 3. The molecule has 0 radical (unpaired) electrons. The largest absolute Gasteiger partial charge is 0.322 e. The van der Waals surface area contributed by atoms with Gasteiger partial charge in [0.1, 0.15) is 0 Å². The first-order chi connectivity index (χ1) is 14.1. The van der Waals surface area contributed by atoms with E-state index in [9.17, 15) is 14.4 Å². The van der Waals surface area contributed by atoms with Gasteiger partial charge in [-0.3, -0.25) is 19.3 Å². The van der Waals surface area contributed by atoms with Gasteiger partial charge in [0.25, 0.3) is 5.91 Å². The zero-order valence-corrected chi connectivity index (χ0v) is 16.4. The molecule has 2 aromatic carbocycles. The van der Waals surface area contributed by atoms with Crippen LogP contribution < -0.4 is 10.2 Å². The zero-order chi connectivity index (χ0) is 20.1. The Kier molecular flexibility index (Phi) is 4.26. The summed E-state index contributed by atoms with van der Waals surface area (Å²) in [4.78, 5) is 39.9. The molecular weight excluding hydrogens is 364 g/mol. The lowest BCUT2D eigenvalue weighted by Gasteiger charge is -2.19. The Morgan fingerprint density at radius 2 is 1.59 bits per heavy atom. The molecule has 5 nitrogen and oxygen atoms in total. The quantitative estimate of drug-likeness (QED) is 0.804. The minimum Gasteiger partial charge on any atom is -0.322 e. The van der Waals surface area contributed by atoms with Gasteiger partial charge in [0, 0.05) is 11.3 Å². The number of carbonyl (C=O) groups is 3. The van der Waals surface area contributed by atoms with Crippen molar-refractivity contribution < 1.29 is 14.4 Å². The van der Waals surface area contributed by atoms with Crippen molar-refractivity contribution in [2.24, 2.45) is 23.7 Å². The summed E-state index contributed by atoms with van der Waals surface area (Å²) in [7, 11) is 0. The van der Waals surface area contributed by atoms with Crippen molar-refractivity contribution in [2.75, 3.05) is 10.2 Å². The van der Waals surface area contributed by atoms with Gasteiger partial charge in [-0.15, -0.1) is 0 Å². The molecule has 1 saturated heterocycles. The molecule has 148 valence electrons. The van der Waals surface area contributed by atoms with Gasteiger partial charge >= 0.3 is 0 Å². The molecule has 3 aliphatic rings. The number of rotatable bonds is 4. The molecule has 3 fully saturated rings. The average molecular weight is 388 g/mol. The van der Waals surface area contributed by atoms with Crippen LogP contribution >= 0.6 is 0 Å². The maximum absolute atomic E-state index is 12.9. The molecule has 2 bridgehead atoms. The Hall–Kier alpha value is -2.95. The maximum atomic E-state index is 12.9. The second-order valence-corrected chi connectivity index (χ2v) is 8.41. The van der Waals surface area contributed by atoms with E-state index in [1.54, 1.807) is 24.3 Å². The fourth-order valence-electron chi connectivity index (χ4n) is 5.57. The Bertz CT molecular complexity index is 969. The van der Waals surface area contributed by atoms with Gasteiger partial charge in [0.05, 0.1) is 17.5 Å². The van der Waals surface area contributed by atoms with Gasteiger partial charge in [-0.25, -0.2) is 0 Å². The molecule has 5 heteroatoms. The summed E-state index contributed by atoms with van der Waals surface area (Å²) < 4.78 is 0. The van der Waals surface area contributed by atoms with E-state index in [4.69, 9.17) is 0 Å². The Morgan fingerprint density at radius 3 is 2.21 bits per heavy atom. The molecule has 1 aliphatic heterocycles. The lowest BCUT2D eigenvalue weighted by molar-refractivity contribution is -0.123. The highest BCUT2D eigenvalue weighted by molar-refractivity contribution is 6.22. The van der Waals surface area contributed by atoms with Gasteiger partial charge < -0.3 is 5.32 Å². The fourth-order valence-corrected chi connectivity index (χ4v) is 5.57. The molecule has 2 saturated carbocycles. The molecule has 3 amide bonds. The zero-order valence-electron chi connectivity index (χ0n) is 16.4. The number of imide groups is 1. The number of para-hydroxylation sites is 1. The van der Waals surface area contributed by atoms with Gasteiger partial charge in [-0.1, -0.05) is 25.1 Å². The first kappa shape index (κ1) is 18.1. The van der Waals surface area contributed by atoms with Crippen molar-refractivity contribution in [3.63, 3.8) is 0 Å². The van der Waals surface area contributed by atoms with E-state index >= 15 is 0 Å². The number of carbonyl (C=O) groups excluding carboxylic acids is 3. The third-order valence-electron chi connectivity index (χ3n) is 6.96. The summed E-state index contributed by atoms with van der Waals surface area (Å²) in [5.74, 6) is 0.170. The summed E-state index contributed by atoms with van der Waals surface area (Å²) in [5.41, 5.74) is 2.95. The number of fused-ring (bicyclic) bond motifs is 5. The summed E-state index contributed by atoms with van der Waals surface area (Å²) in [5, 5.41) is 2.95. The molecule has 1 heterocycles. The van der Waals surface area contributed by atoms with Crippen LogP contribution in [0.2, 0.25) is 0 Å². The number of aryl methyl sites for hydroxylation is 1. The molecule has 29 heavy (non-hydrogen) atoms. The lowest BCUT2D eigenvalue weighted by Crippen LogP contribution is -2.32. The van der Waals surface area contributed by atoms with Crippen LogP contribution in [0.5, 0.6) is 0 Å². The normalized spacial score (nSPS) is 27.4. The topological polar surface area (TPSA) is 66.5 Å². The number of hydrogen-bond donors (Lipinski definition) is 1. The lowest BCUT2D eigenvalue weighted by atomic mass is 9.81. The van der Waals surface area contributed by atoms with Gasteiger partial charge in [-0.2, -0.15) is 0 Å². The molecule has 0 unspecified atom stereocenters. The summed E-state index contributed by atoms with van der Waals surface area (Å²) in [6, 6.07) is 14.5. The van der Waals surface area contributed by atoms with Crippen LogP contribution in [0, 0.1) is 23.7 Å². The molecular formula is C24H24N2O3. The predicted octanol–water partition coefficient (Wildman–Crippen LogP) is 4.04. The van der Waals surface area contributed by atoms with Crippen LogP contribution in [0.15, 0.2) is 48.5 Å². The average Bonchev–Trinajstić information content (AvgIpc) is 3.42. The molecule has 4 atom stereocenters. The molecule has 5 rings (SSSR count). The van der Waals surface area contributed by atoms with Crippen molar-refractivity contribution in [1.29, 1.82) is 0 Å². The van der Waals surface area contributed by atoms with Crippen molar-refractivity contribution >= 4 is 29.1 Å². The summed E-state index contributed by atoms with van der Waals surface area (Å²) in [6.07, 6.45) is 3.99. The SMILES string of the molecule is CCc1ccccc1NC(=O)c1ccc(N2C(=O)[C@H]3[C@@H]4CC[C@@H](C4)[C@@H]3C2=O)cc1. The molecule has 2 aliphatic carbocycles. The molecule has 1 N–H and O–H groups in total. The van der Waals surface area contributed by atoms with Gasteiger partial charge in [0.2, 0.25) is 11.8 Å². The van der Waals surface area contributed by atoms with Crippen LogP contribution in [0.1, 0.15) is 42.1 Å². The van der Waals surface area contributed by atoms with Crippen LogP contribution in [0.3, 0.4) is 0 Å². The molecule has 0 spiro atoms. The first-order valence-electron chi connectivity index (χ1n) is 10.5. The summed E-state index contributed by atoms with van der Waals surface area (Å²) in [6.45, 7) is 2.05. The Morgan fingerprint density at radius 1 is 0.966 bits per heavy atom. The predicted molar refractivity (Wildman–Crippen MR) is 111 cm³/mol. The maximum Gasteiger partial charge on any atom is 0.255 e. The highest BCUT2D eigenvalue weighted by atomic mass is 16.2. The fraction of sp³-hybridized carbons (Fsp3) is 0.375. The van der Waals surface area contributed by atoms with E-state index in [0.29, 0.717) is 23.1 Å². The van der Waals surface area contributed by atoms with Crippen LogP contribution in [-0.2, 0) is 16.0 Å². The van der Waals surface area contributed by atoms with Crippen molar-refractivity contribution in [1.82, 2.24) is 0 Å². The number of anilines is 2. The van der Waals surface area contributed by atoms with Crippen molar-refractivity contribution in [3.8, 4) is 0 Å². The van der Waals surface area contributed by atoms with Gasteiger partial charge in [-0.05, 0) is 73.4 Å². The smallest absolute Gasteiger partial charge is 0.255 e. The second-order valence-electron chi connectivity index (χ2n) is 8.41. The second kappa shape index (κ2) is 6.83. The van der Waals surface area contributed by atoms with E-state index in [1.807, 2.05) is 31.2 Å². The minimum absolute atomic E-state index is 0.0544. The Labute approximate surface area is 170 Å². The number of nitrogens with one attached hydrogen (secondary N) is 1. The van der Waals surface area contributed by atoms with E-state index < -0.39 is 0 Å². The number of nitrogens with zero attached hydrogens (tertiary/aromatic N) is 1. The van der Waals surface area contributed by atoms with Crippen molar-refractivity contribution in [2.45, 2.75) is 32.6 Å². The number of hydrogen-bond acceptors (Lipinski definition) is 3. The summed E-state index contributed by atoms with van der Waals surface area (Å²) >= 11 is 0. The first-order valence-corrected chi connectivity index (χ1v) is 10.5. The number of benzene rings is 2. The molecule has 0 aromatic heterocycles. The highest BCUT2D eigenvalue weighted by Gasteiger charge is 2.61. The van der Waals surface area contributed by atoms with Crippen LogP contribution in [0.4, 0.5) is 11.4 Å². The third kappa shape index (κ3) is 2.79. The van der Waals surface area contributed by atoms with E-state index in [0.717, 1.165) is 36.9 Å². The standard InChI is InChI=1S/C24H24N2O3/c1-2-14-5-3-4-6-19(14)25-22(27)15-9-11-18(12-10-15)26-23(28)20-16-7-8-17(13-16)21(20)24(26)29/h3-6,9-12,16-17,20-21H,2,7-8,13H2,1H3,(H,25,27)/t16-,17+,20-,21-/m0/s1. The van der Waals surface area contributed by atoms with E-state index in [1.165, 1.54) is 4.90 Å². The van der Waals surface area contributed by atoms with E-state index in [2.05, 4.69) is 5.32 Å². The third-order valence-corrected chi connectivity index (χ3v) is 6.96. The minimum atomic E-state index is -0.202. The van der Waals surface area contributed by atoms with Crippen molar-refractivity contribution in [3.05, 3.63) is 59.7 Å². The van der Waals surface area contributed by atoms with Gasteiger partial charge in [0.15, 0.2) is 0 Å². The van der Waals surface area contributed by atoms with Crippen LogP contribution in [0.25, 0.3) is 0 Å². The van der Waals surface area contributed by atoms with E-state index in [-0.39, 0.29) is 29.6 Å². The van der Waals surface area contributed by atoms with Crippen LogP contribution in [-0.4, -0.2) is 17.7 Å². The molecule has 2 aromatic rings.